The molecule has 144 valence electrons. The van der Waals surface area contributed by atoms with Crippen LogP contribution >= 0.6 is 0 Å². The molecule has 1 aliphatic carbocycles. The Morgan fingerprint density at radius 1 is 0.929 bits per heavy atom. The van der Waals surface area contributed by atoms with Crippen molar-refractivity contribution in [1.82, 2.24) is 15.5 Å². The third kappa shape index (κ3) is 4.48. The molecule has 0 amide bonds. The number of fused-ring (bicyclic) bond motifs is 1. The van der Waals surface area contributed by atoms with Crippen molar-refractivity contribution in [3.8, 4) is 11.1 Å². The zero-order chi connectivity index (χ0) is 19.3. The Labute approximate surface area is 168 Å². The molecule has 0 fully saturated rings. The van der Waals surface area contributed by atoms with Crippen molar-refractivity contribution in [2.75, 3.05) is 0 Å². The normalized spacial score (nSPS) is 13.5. The first-order chi connectivity index (χ1) is 13.7. The van der Waals surface area contributed by atoms with Crippen LogP contribution in [0.2, 0.25) is 0 Å². The van der Waals surface area contributed by atoms with Gasteiger partial charge < -0.3 is 5.32 Å². The molecule has 0 atom stereocenters. The smallest absolute Gasteiger partial charge is 0.0709 e. The van der Waals surface area contributed by atoms with Gasteiger partial charge in [0.05, 0.1) is 11.9 Å². The summed E-state index contributed by atoms with van der Waals surface area (Å²) in [7, 11) is 0. The zero-order valence-electron chi connectivity index (χ0n) is 16.9. The summed E-state index contributed by atoms with van der Waals surface area (Å²) in [6.07, 6.45) is 7.65. The zero-order valence-corrected chi connectivity index (χ0v) is 16.9. The molecule has 0 saturated carbocycles. The Balaban J connectivity index is 1.57. The van der Waals surface area contributed by atoms with Gasteiger partial charge in [0.2, 0.25) is 0 Å². The van der Waals surface area contributed by atoms with Gasteiger partial charge in [0, 0.05) is 19.0 Å². The van der Waals surface area contributed by atoms with Crippen molar-refractivity contribution in [3.63, 3.8) is 0 Å². The van der Waals surface area contributed by atoms with E-state index in [9.17, 15) is 0 Å². The summed E-state index contributed by atoms with van der Waals surface area (Å²) in [5.74, 6) is 0. The largest absolute Gasteiger partial charge is 0.310 e. The number of nitrogens with zero attached hydrogens (tertiary/aromatic N) is 2. The first-order valence-electron chi connectivity index (χ1n) is 10.4. The molecule has 1 aliphatic rings. The van der Waals surface area contributed by atoms with Gasteiger partial charge in [0.25, 0.3) is 0 Å². The summed E-state index contributed by atoms with van der Waals surface area (Å²) in [5.41, 5.74) is 9.15. The fourth-order valence-corrected chi connectivity index (χ4v) is 4.01. The van der Waals surface area contributed by atoms with E-state index in [0.717, 1.165) is 31.5 Å². The third-order valence-electron chi connectivity index (χ3n) is 5.52. The Hall–Kier alpha value is -2.52. The highest BCUT2D eigenvalue weighted by atomic mass is 15.1. The molecule has 3 nitrogen and oxygen atoms in total. The van der Waals surface area contributed by atoms with Gasteiger partial charge in [-0.3, -0.25) is 0 Å². The van der Waals surface area contributed by atoms with Gasteiger partial charge in [-0.15, -0.1) is 0 Å². The average molecular weight is 372 g/mol. The van der Waals surface area contributed by atoms with Crippen LogP contribution in [0.15, 0.2) is 54.7 Å². The van der Waals surface area contributed by atoms with E-state index < -0.39 is 0 Å². The van der Waals surface area contributed by atoms with Gasteiger partial charge in [-0.1, -0.05) is 56.3 Å². The minimum Gasteiger partial charge on any atom is -0.310 e. The molecule has 1 aromatic heterocycles. The standard InChI is InChI=1S/C25H29N3/c1-18(2)26-16-20-8-6-11-22(14-20)21-10-5-7-19(13-21)15-25-24-12-4-3-9-23(24)17-27-28-25/h5-8,10-11,13-14,17-18,26H,3-4,9,12,15-16H2,1-2H3. The quantitative estimate of drug-likeness (QED) is 0.654. The first-order valence-corrected chi connectivity index (χ1v) is 10.4. The van der Waals surface area contributed by atoms with Gasteiger partial charge in [-0.2, -0.15) is 10.2 Å². The van der Waals surface area contributed by atoms with Crippen LogP contribution in [0.25, 0.3) is 11.1 Å². The molecule has 0 spiro atoms. The lowest BCUT2D eigenvalue weighted by molar-refractivity contribution is 0.589. The Bertz CT molecular complexity index is 946. The minimum absolute atomic E-state index is 0.491. The fourth-order valence-electron chi connectivity index (χ4n) is 4.01. The maximum Gasteiger partial charge on any atom is 0.0709 e. The van der Waals surface area contributed by atoms with Crippen LogP contribution in [0, 0.1) is 0 Å². The Kier molecular flexibility index (Phi) is 5.82. The number of nitrogens with one attached hydrogen (secondary N) is 1. The third-order valence-corrected chi connectivity index (χ3v) is 5.52. The number of rotatable bonds is 6. The molecule has 0 saturated heterocycles. The lowest BCUT2D eigenvalue weighted by atomic mass is 9.90. The SMILES string of the molecule is CC(C)NCc1cccc(-c2cccc(Cc3nncc4c3CCCC4)c2)c1. The van der Waals surface area contributed by atoms with E-state index in [0.29, 0.717) is 6.04 Å². The molecule has 0 unspecified atom stereocenters. The second-order valence-corrected chi connectivity index (χ2v) is 8.12. The van der Waals surface area contributed by atoms with E-state index in [1.807, 2.05) is 6.20 Å². The van der Waals surface area contributed by atoms with Gasteiger partial charge in [0.1, 0.15) is 0 Å². The fraction of sp³-hybridized carbons (Fsp3) is 0.360. The van der Waals surface area contributed by atoms with Crippen molar-refractivity contribution in [2.24, 2.45) is 0 Å². The van der Waals surface area contributed by atoms with E-state index >= 15 is 0 Å². The van der Waals surface area contributed by atoms with E-state index in [1.165, 1.54) is 46.2 Å². The highest BCUT2D eigenvalue weighted by molar-refractivity contribution is 5.65. The molecule has 1 heterocycles. The molecule has 0 bridgehead atoms. The van der Waals surface area contributed by atoms with E-state index in [1.54, 1.807) is 0 Å². The molecule has 0 aliphatic heterocycles. The van der Waals surface area contributed by atoms with Crippen molar-refractivity contribution < 1.29 is 0 Å². The predicted molar refractivity (Wildman–Crippen MR) is 115 cm³/mol. The highest BCUT2D eigenvalue weighted by Crippen LogP contribution is 2.26. The van der Waals surface area contributed by atoms with Crippen molar-refractivity contribution >= 4 is 0 Å². The number of aromatic nitrogens is 2. The Morgan fingerprint density at radius 2 is 1.64 bits per heavy atom. The summed E-state index contributed by atoms with van der Waals surface area (Å²) in [4.78, 5) is 0. The lowest BCUT2D eigenvalue weighted by Gasteiger charge is -2.17. The Morgan fingerprint density at radius 3 is 2.43 bits per heavy atom. The highest BCUT2D eigenvalue weighted by Gasteiger charge is 2.15. The van der Waals surface area contributed by atoms with Gasteiger partial charge >= 0.3 is 0 Å². The van der Waals surface area contributed by atoms with Crippen molar-refractivity contribution in [1.29, 1.82) is 0 Å². The number of aryl methyl sites for hydroxylation is 1. The second kappa shape index (κ2) is 8.66. The average Bonchev–Trinajstić information content (AvgIpc) is 2.73. The summed E-state index contributed by atoms with van der Waals surface area (Å²) in [6, 6.07) is 18.2. The minimum atomic E-state index is 0.491. The van der Waals surface area contributed by atoms with Gasteiger partial charge in [-0.25, -0.2) is 0 Å². The van der Waals surface area contributed by atoms with Crippen molar-refractivity contribution in [3.05, 3.63) is 82.7 Å². The first kappa shape index (κ1) is 18.8. The molecule has 2 aromatic carbocycles. The van der Waals surface area contributed by atoms with Crippen LogP contribution in [0.4, 0.5) is 0 Å². The van der Waals surface area contributed by atoms with E-state index in [4.69, 9.17) is 0 Å². The maximum atomic E-state index is 4.49. The summed E-state index contributed by atoms with van der Waals surface area (Å²) >= 11 is 0. The molecule has 1 N–H and O–H groups in total. The molecule has 3 aromatic rings. The number of hydrogen-bond acceptors (Lipinski definition) is 3. The molecule has 0 radical (unpaired) electrons. The molecule has 3 heteroatoms. The van der Waals surface area contributed by atoms with Crippen LogP contribution in [-0.4, -0.2) is 16.2 Å². The second-order valence-electron chi connectivity index (χ2n) is 8.12. The van der Waals surface area contributed by atoms with Crippen molar-refractivity contribution in [2.45, 2.75) is 58.5 Å². The van der Waals surface area contributed by atoms with Crippen LogP contribution in [0.1, 0.15) is 54.6 Å². The maximum absolute atomic E-state index is 4.49. The van der Waals surface area contributed by atoms with Gasteiger partial charge in [0.15, 0.2) is 0 Å². The topological polar surface area (TPSA) is 37.8 Å². The lowest BCUT2D eigenvalue weighted by Crippen LogP contribution is -2.21. The number of hydrogen-bond donors (Lipinski definition) is 1. The number of benzene rings is 2. The summed E-state index contributed by atoms with van der Waals surface area (Å²) in [6.45, 7) is 5.26. The van der Waals surface area contributed by atoms with Crippen LogP contribution < -0.4 is 5.32 Å². The summed E-state index contributed by atoms with van der Waals surface area (Å²) in [5, 5.41) is 12.2. The van der Waals surface area contributed by atoms with E-state index in [2.05, 4.69) is 77.9 Å². The van der Waals surface area contributed by atoms with E-state index in [-0.39, 0.29) is 0 Å². The van der Waals surface area contributed by atoms with Crippen LogP contribution in [0.5, 0.6) is 0 Å². The van der Waals surface area contributed by atoms with Crippen LogP contribution in [0.3, 0.4) is 0 Å². The van der Waals surface area contributed by atoms with Crippen LogP contribution in [-0.2, 0) is 25.8 Å². The monoisotopic (exact) mass is 371 g/mol. The summed E-state index contributed by atoms with van der Waals surface area (Å²) < 4.78 is 0. The van der Waals surface area contributed by atoms with Gasteiger partial charge in [-0.05, 0) is 65.1 Å². The molecular weight excluding hydrogens is 342 g/mol. The molecule has 4 rings (SSSR count). The predicted octanol–water partition coefficient (Wildman–Crippen LogP) is 5.11. The molecule has 28 heavy (non-hydrogen) atoms. The molecular formula is C25H29N3.